The molecule has 0 unspecified atom stereocenters. The lowest BCUT2D eigenvalue weighted by atomic mass is 9.97. The molecule has 210 valence electrons. The largest absolute Gasteiger partial charge is 0.297 e. The van der Waals surface area contributed by atoms with E-state index in [1.165, 1.54) is 53.5 Å². The first-order valence-corrected chi connectivity index (χ1v) is 16.2. The topological polar surface area (TPSA) is 30.7 Å². The van der Waals surface area contributed by atoms with Crippen LogP contribution in [0, 0.1) is 0 Å². The van der Waals surface area contributed by atoms with Crippen LogP contribution in [-0.4, -0.2) is 14.5 Å². The molecule has 0 fully saturated rings. The van der Waals surface area contributed by atoms with Crippen molar-refractivity contribution in [3.05, 3.63) is 138 Å². The molecule has 3 nitrogen and oxygen atoms in total. The third-order valence-corrected chi connectivity index (χ3v) is 10.1. The Labute approximate surface area is 260 Å². The van der Waals surface area contributed by atoms with E-state index in [1.807, 2.05) is 17.4 Å². The maximum absolute atomic E-state index is 5.31. The van der Waals surface area contributed by atoms with E-state index in [1.54, 1.807) is 0 Å². The molecule has 4 aromatic carbocycles. The number of aromatic nitrogens is 3. The van der Waals surface area contributed by atoms with Gasteiger partial charge in [-0.1, -0.05) is 115 Å². The highest BCUT2D eigenvalue weighted by Gasteiger charge is 2.24. The zero-order valence-corrected chi connectivity index (χ0v) is 25.0. The third-order valence-electron chi connectivity index (χ3n) is 8.91. The minimum atomic E-state index is 0.740. The normalized spacial score (nSPS) is 14.4. The molecule has 44 heavy (non-hydrogen) atoms. The molecule has 0 saturated carbocycles. The Morgan fingerprint density at radius 3 is 2.32 bits per heavy atom. The van der Waals surface area contributed by atoms with Crippen molar-refractivity contribution >= 4 is 54.1 Å². The maximum Gasteiger partial charge on any atom is 0.162 e. The van der Waals surface area contributed by atoms with Crippen LogP contribution < -0.4 is 0 Å². The summed E-state index contributed by atoms with van der Waals surface area (Å²) in [6, 6.07) is 34.5. The molecule has 0 spiro atoms. The summed E-state index contributed by atoms with van der Waals surface area (Å²) in [4.78, 5) is 10.4. The van der Waals surface area contributed by atoms with Crippen LogP contribution in [-0.2, 0) is 6.42 Å². The number of thiophene rings is 1. The van der Waals surface area contributed by atoms with E-state index >= 15 is 0 Å². The predicted octanol–water partition coefficient (Wildman–Crippen LogP) is 10.8. The fraction of sp³-hybridized carbons (Fsp3) is 0.100. The summed E-state index contributed by atoms with van der Waals surface area (Å²) in [5.41, 5.74) is 9.56. The van der Waals surface area contributed by atoms with E-state index in [4.69, 9.17) is 9.97 Å². The second kappa shape index (κ2) is 10.3. The summed E-state index contributed by atoms with van der Waals surface area (Å²) in [5, 5.41) is 3.91. The Morgan fingerprint density at radius 2 is 1.50 bits per heavy atom. The van der Waals surface area contributed by atoms with Gasteiger partial charge in [-0.3, -0.25) is 4.57 Å². The lowest BCUT2D eigenvalue weighted by Gasteiger charge is -2.15. The molecule has 3 heterocycles. The van der Waals surface area contributed by atoms with E-state index in [2.05, 4.69) is 126 Å². The van der Waals surface area contributed by atoms with Gasteiger partial charge in [0, 0.05) is 54.0 Å². The van der Waals surface area contributed by atoms with Crippen LogP contribution in [0.25, 0.3) is 71.2 Å². The summed E-state index contributed by atoms with van der Waals surface area (Å²) in [6.07, 6.45) is 15.8. The molecule has 0 atom stereocenters. The van der Waals surface area contributed by atoms with Gasteiger partial charge < -0.3 is 0 Å². The molecule has 3 aromatic heterocycles. The predicted molar refractivity (Wildman–Crippen MR) is 186 cm³/mol. The van der Waals surface area contributed by atoms with Crippen LogP contribution in [0.4, 0.5) is 0 Å². The van der Waals surface area contributed by atoms with Crippen molar-refractivity contribution in [3.8, 4) is 28.5 Å². The molecule has 2 aliphatic carbocycles. The van der Waals surface area contributed by atoms with Gasteiger partial charge in [0.25, 0.3) is 0 Å². The molecule has 9 rings (SSSR count). The van der Waals surface area contributed by atoms with E-state index in [0.29, 0.717) is 0 Å². The first-order valence-electron chi connectivity index (χ1n) is 15.4. The van der Waals surface area contributed by atoms with Gasteiger partial charge >= 0.3 is 0 Å². The van der Waals surface area contributed by atoms with Crippen molar-refractivity contribution in [3.63, 3.8) is 0 Å². The Morgan fingerprint density at radius 1 is 0.682 bits per heavy atom. The van der Waals surface area contributed by atoms with Crippen LogP contribution >= 0.6 is 11.3 Å². The molecule has 4 heteroatoms. The number of benzene rings is 4. The lowest BCUT2D eigenvalue weighted by Crippen LogP contribution is -2.07. The highest BCUT2D eigenvalue weighted by Crippen LogP contribution is 2.45. The van der Waals surface area contributed by atoms with Gasteiger partial charge in [-0.25, -0.2) is 9.97 Å². The second-order valence-electron chi connectivity index (χ2n) is 11.6. The monoisotopic (exact) mass is 583 g/mol. The molecule has 0 amide bonds. The van der Waals surface area contributed by atoms with E-state index in [9.17, 15) is 0 Å². The van der Waals surface area contributed by atoms with Gasteiger partial charge in [0.15, 0.2) is 5.82 Å². The molecule has 0 N–H and O–H groups in total. The zero-order chi connectivity index (χ0) is 29.0. The standard InChI is InChI=1S/C40H29N3S/c1-4-13-26(14-5-1)29-20-12-21-32-37-35(44-39(29)32)24-23-31-30-19-10-11-22-34(30)43(38(31)37)36-25-33(27-15-6-2-7-16-27)41-40(42-36)28-17-8-3-9-18-28/h2-4,6-10,12-21,23-25H,1,5,11,22H2. The highest BCUT2D eigenvalue weighted by molar-refractivity contribution is 7.26. The van der Waals surface area contributed by atoms with Crippen LogP contribution in [0.15, 0.2) is 121 Å². The van der Waals surface area contributed by atoms with E-state index < -0.39 is 0 Å². The van der Waals surface area contributed by atoms with Crippen LogP contribution in [0.2, 0.25) is 0 Å². The average Bonchev–Trinajstić information content (AvgIpc) is 3.65. The van der Waals surface area contributed by atoms with Crippen molar-refractivity contribution in [2.24, 2.45) is 0 Å². The van der Waals surface area contributed by atoms with Crippen molar-refractivity contribution in [2.75, 3.05) is 0 Å². The maximum atomic E-state index is 5.31. The van der Waals surface area contributed by atoms with Gasteiger partial charge in [-0.05, 0) is 42.9 Å². The molecular formula is C40H29N3S. The third kappa shape index (κ3) is 4.02. The summed E-state index contributed by atoms with van der Waals surface area (Å²) >= 11 is 1.91. The molecule has 0 aliphatic heterocycles. The van der Waals surface area contributed by atoms with Crippen LogP contribution in [0.3, 0.4) is 0 Å². The van der Waals surface area contributed by atoms with Gasteiger partial charge in [-0.2, -0.15) is 0 Å². The molecule has 0 saturated heterocycles. The first kappa shape index (κ1) is 25.4. The fourth-order valence-corrected chi connectivity index (χ4v) is 8.14. The van der Waals surface area contributed by atoms with E-state index in [-0.39, 0.29) is 0 Å². The van der Waals surface area contributed by atoms with Crippen molar-refractivity contribution < 1.29 is 0 Å². The molecular weight excluding hydrogens is 555 g/mol. The fourth-order valence-electron chi connectivity index (χ4n) is 6.90. The molecule has 0 bridgehead atoms. The number of hydrogen-bond acceptors (Lipinski definition) is 3. The first-order chi connectivity index (χ1) is 21.8. The SMILES string of the molecule is C1=CC(c2cccc3c2sc2ccc4c5c(n(-c6cc(-c7ccccc7)nc(-c7ccccc7)n6)c4c23)CCC=C5)=CCC1. The van der Waals surface area contributed by atoms with E-state index in [0.717, 1.165) is 54.1 Å². The smallest absolute Gasteiger partial charge is 0.162 e. The Hall–Kier alpha value is -5.06. The molecule has 0 radical (unpaired) electrons. The van der Waals surface area contributed by atoms with Crippen molar-refractivity contribution in [2.45, 2.75) is 25.7 Å². The zero-order valence-electron chi connectivity index (χ0n) is 24.2. The van der Waals surface area contributed by atoms with Crippen LogP contribution in [0.5, 0.6) is 0 Å². The quantitative estimate of drug-likeness (QED) is 0.206. The Kier molecular flexibility index (Phi) is 5.95. The number of hydrogen-bond donors (Lipinski definition) is 0. The summed E-state index contributed by atoms with van der Waals surface area (Å²) in [7, 11) is 0. The summed E-state index contributed by atoms with van der Waals surface area (Å²) in [6.45, 7) is 0. The van der Waals surface area contributed by atoms with Crippen LogP contribution in [0.1, 0.15) is 36.1 Å². The average molecular weight is 584 g/mol. The van der Waals surface area contributed by atoms with Crippen molar-refractivity contribution in [1.82, 2.24) is 14.5 Å². The Balaban J connectivity index is 1.39. The van der Waals surface area contributed by atoms with Gasteiger partial charge in [0.05, 0.1) is 11.2 Å². The van der Waals surface area contributed by atoms with Crippen molar-refractivity contribution in [1.29, 1.82) is 0 Å². The summed E-state index contributed by atoms with van der Waals surface area (Å²) in [5.74, 6) is 1.66. The number of fused-ring (bicyclic) bond motifs is 7. The number of rotatable bonds is 4. The highest BCUT2D eigenvalue weighted by atomic mass is 32.1. The Bertz CT molecular complexity index is 2260. The second-order valence-corrected chi connectivity index (χ2v) is 12.6. The number of nitrogens with zero attached hydrogens (tertiary/aromatic N) is 3. The lowest BCUT2D eigenvalue weighted by molar-refractivity contribution is 0.870. The molecule has 7 aromatic rings. The van der Waals surface area contributed by atoms with Gasteiger partial charge in [-0.15, -0.1) is 11.3 Å². The summed E-state index contributed by atoms with van der Waals surface area (Å²) < 4.78 is 5.11. The minimum absolute atomic E-state index is 0.740. The van der Waals surface area contributed by atoms with Gasteiger partial charge in [0.1, 0.15) is 5.82 Å². The molecule has 2 aliphatic rings. The number of allylic oxidation sites excluding steroid dienone is 5. The minimum Gasteiger partial charge on any atom is -0.297 e. The van der Waals surface area contributed by atoms with Gasteiger partial charge in [0.2, 0.25) is 0 Å².